The topological polar surface area (TPSA) is 35.2 Å². The molecule has 0 unspecified atom stereocenters. The van der Waals surface area contributed by atoms with Gasteiger partial charge in [0.05, 0.1) is 5.69 Å². The van der Waals surface area contributed by atoms with Crippen molar-refractivity contribution in [2.45, 2.75) is 0 Å². The van der Waals surface area contributed by atoms with E-state index in [2.05, 4.69) is 38.9 Å². The summed E-state index contributed by atoms with van der Waals surface area (Å²) in [6, 6.07) is 12.2. The third-order valence-electron chi connectivity index (χ3n) is 3.62. The van der Waals surface area contributed by atoms with Gasteiger partial charge in [0.1, 0.15) is 4.64 Å². The predicted molar refractivity (Wildman–Crippen MR) is 84.6 cm³/mol. The molecule has 2 aromatic rings. The van der Waals surface area contributed by atoms with E-state index in [0.29, 0.717) is 4.64 Å². The number of H-pyrrole nitrogens is 1. The van der Waals surface area contributed by atoms with Crippen LogP contribution < -0.4 is 4.90 Å². The molecule has 0 radical (unpaired) electrons. The van der Waals surface area contributed by atoms with Crippen LogP contribution in [0.3, 0.4) is 0 Å². The molecule has 2 heterocycles. The summed E-state index contributed by atoms with van der Waals surface area (Å²) >= 11 is 5.31. The summed E-state index contributed by atoms with van der Waals surface area (Å²) in [5.41, 5.74) is 2.16. The number of nitrogens with one attached hydrogen (secondary N) is 1. The molecule has 1 aliphatic rings. The van der Waals surface area contributed by atoms with E-state index in [9.17, 15) is 0 Å². The number of aromatic amines is 1. The second kappa shape index (κ2) is 5.73. The van der Waals surface area contributed by atoms with Gasteiger partial charge < -0.3 is 14.8 Å². The molecule has 0 saturated carbocycles. The van der Waals surface area contributed by atoms with Crippen LogP contribution in [0.15, 0.2) is 36.4 Å². The molecule has 0 aliphatic carbocycles. The van der Waals surface area contributed by atoms with Crippen molar-refractivity contribution in [3.8, 4) is 11.3 Å². The summed E-state index contributed by atoms with van der Waals surface area (Å²) in [5.74, 6) is 0.879. The van der Waals surface area contributed by atoms with Crippen molar-refractivity contribution in [2.75, 3.05) is 38.1 Å². The Morgan fingerprint density at radius 1 is 1.10 bits per heavy atom. The Balaban J connectivity index is 1.93. The molecule has 1 aliphatic heterocycles. The molecule has 0 amide bonds. The van der Waals surface area contributed by atoms with Gasteiger partial charge in [-0.05, 0) is 18.7 Å². The highest BCUT2D eigenvalue weighted by Gasteiger charge is 2.16. The monoisotopic (exact) mass is 286 g/mol. The zero-order chi connectivity index (χ0) is 13.9. The average Bonchev–Trinajstić information content (AvgIpc) is 2.48. The Hall–Kier alpha value is -1.72. The predicted octanol–water partition coefficient (Wildman–Crippen LogP) is 2.56. The lowest BCUT2D eigenvalue weighted by molar-refractivity contribution is 0.311. The van der Waals surface area contributed by atoms with Crippen molar-refractivity contribution in [1.82, 2.24) is 14.9 Å². The van der Waals surface area contributed by atoms with Crippen LogP contribution in [-0.4, -0.2) is 48.1 Å². The number of anilines is 1. The number of hydrogen-bond donors (Lipinski definition) is 1. The van der Waals surface area contributed by atoms with E-state index in [0.717, 1.165) is 43.4 Å². The van der Waals surface area contributed by atoms with Crippen LogP contribution in [0, 0.1) is 4.64 Å². The second-order valence-electron chi connectivity index (χ2n) is 5.11. The minimum absolute atomic E-state index is 0.636. The number of nitrogens with zero attached hydrogens (tertiary/aromatic N) is 3. The highest BCUT2D eigenvalue weighted by atomic mass is 32.1. The van der Waals surface area contributed by atoms with Crippen LogP contribution in [0.25, 0.3) is 11.3 Å². The molecule has 1 aromatic heterocycles. The molecular weight excluding hydrogens is 268 g/mol. The first kappa shape index (κ1) is 13.3. The van der Waals surface area contributed by atoms with E-state index in [4.69, 9.17) is 12.2 Å². The Labute approximate surface area is 124 Å². The largest absolute Gasteiger partial charge is 0.340 e. The quantitative estimate of drug-likeness (QED) is 0.861. The van der Waals surface area contributed by atoms with Crippen LogP contribution in [-0.2, 0) is 0 Å². The van der Waals surface area contributed by atoms with E-state index >= 15 is 0 Å². The van der Waals surface area contributed by atoms with Gasteiger partial charge in [-0.3, -0.25) is 0 Å². The number of piperazine rings is 1. The highest BCUT2D eigenvalue weighted by molar-refractivity contribution is 7.71. The zero-order valence-corrected chi connectivity index (χ0v) is 12.4. The summed E-state index contributed by atoms with van der Waals surface area (Å²) in [5, 5.41) is 0. The van der Waals surface area contributed by atoms with Crippen molar-refractivity contribution in [3.63, 3.8) is 0 Å². The van der Waals surface area contributed by atoms with Gasteiger partial charge in [-0.1, -0.05) is 42.5 Å². The number of hydrogen-bond acceptors (Lipinski definition) is 4. The highest BCUT2D eigenvalue weighted by Crippen LogP contribution is 2.19. The van der Waals surface area contributed by atoms with Crippen molar-refractivity contribution in [3.05, 3.63) is 41.0 Å². The van der Waals surface area contributed by atoms with Crippen molar-refractivity contribution >= 4 is 18.2 Å². The summed E-state index contributed by atoms with van der Waals surface area (Å²) < 4.78 is 0.636. The Morgan fingerprint density at radius 2 is 1.80 bits per heavy atom. The maximum Gasteiger partial charge on any atom is 0.204 e. The van der Waals surface area contributed by atoms with E-state index in [1.54, 1.807) is 0 Å². The number of aromatic nitrogens is 2. The molecule has 20 heavy (non-hydrogen) atoms. The van der Waals surface area contributed by atoms with Gasteiger partial charge in [0, 0.05) is 26.2 Å². The lowest BCUT2D eigenvalue weighted by atomic mass is 10.1. The summed E-state index contributed by atoms with van der Waals surface area (Å²) in [6.45, 7) is 4.07. The lowest BCUT2D eigenvalue weighted by Crippen LogP contribution is -2.45. The van der Waals surface area contributed by atoms with Crippen molar-refractivity contribution < 1.29 is 0 Å². The van der Waals surface area contributed by atoms with Gasteiger partial charge in [-0.2, -0.15) is 0 Å². The normalized spacial score (nSPS) is 16.4. The third kappa shape index (κ3) is 2.89. The van der Waals surface area contributed by atoms with Gasteiger partial charge in [-0.15, -0.1) is 0 Å². The number of benzene rings is 1. The average molecular weight is 286 g/mol. The maximum atomic E-state index is 5.31. The van der Waals surface area contributed by atoms with E-state index in [1.807, 2.05) is 24.3 Å². The van der Waals surface area contributed by atoms with Gasteiger partial charge in [0.25, 0.3) is 0 Å². The summed E-state index contributed by atoms with van der Waals surface area (Å²) in [7, 11) is 2.15. The molecule has 104 valence electrons. The van der Waals surface area contributed by atoms with E-state index in [-0.39, 0.29) is 0 Å². The first-order chi connectivity index (χ1) is 9.72. The molecule has 0 spiro atoms. The zero-order valence-electron chi connectivity index (χ0n) is 11.5. The van der Waals surface area contributed by atoms with E-state index < -0.39 is 0 Å². The first-order valence-electron chi connectivity index (χ1n) is 6.83. The molecule has 0 bridgehead atoms. The fourth-order valence-corrected chi connectivity index (χ4v) is 2.59. The fourth-order valence-electron chi connectivity index (χ4n) is 2.39. The molecule has 4 nitrogen and oxygen atoms in total. The molecule has 3 rings (SSSR count). The number of likely N-dealkylation sites (N-methyl/N-ethyl adjacent to an activating group) is 1. The molecule has 1 fully saturated rings. The SMILES string of the molecule is CN1CCN(c2nc(=S)cc(-c3ccccc3)[nH]2)CC1. The minimum atomic E-state index is 0.636. The van der Waals surface area contributed by atoms with Crippen LogP contribution >= 0.6 is 12.2 Å². The van der Waals surface area contributed by atoms with E-state index in [1.165, 1.54) is 0 Å². The Kier molecular flexibility index (Phi) is 3.80. The third-order valence-corrected chi connectivity index (χ3v) is 3.83. The fraction of sp³-hybridized carbons (Fsp3) is 0.333. The number of rotatable bonds is 2. The molecule has 5 heteroatoms. The maximum absolute atomic E-state index is 5.31. The van der Waals surface area contributed by atoms with Crippen molar-refractivity contribution in [2.24, 2.45) is 0 Å². The lowest BCUT2D eigenvalue weighted by Gasteiger charge is -2.32. The van der Waals surface area contributed by atoms with Crippen LogP contribution in [0.5, 0.6) is 0 Å². The molecule has 1 N–H and O–H groups in total. The van der Waals surface area contributed by atoms with Crippen molar-refractivity contribution in [1.29, 1.82) is 0 Å². The first-order valence-corrected chi connectivity index (χ1v) is 7.23. The Bertz CT molecular complexity index is 630. The van der Waals surface area contributed by atoms with Gasteiger partial charge >= 0.3 is 0 Å². The Morgan fingerprint density at radius 3 is 2.50 bits per heavy atom. The van der Waals surface area contributed by atoms with Gasteiger partial charge in [0.15, 0.2) is 0 Å². The van der Waals surface area contributed by atoms with Gasteiger partial charge in [-0.25, -0.2) is 4.98 Å². The smallest absolute Gasteiger partial charge is 0.204 e. The molecule has 1 aromatic carbocycles. The second-order valence-corrected chi connectivity index (χ2v) is 5.53. The standard InChI is InChI=1S/C15H18N4S/c1-18-7-9-19(10-8-18)15-16-13(11-14(20)17-15)12-5-3-2-4-6-12/h2-6,11H,7-10H2,1H3,(H,16,17,20). The van der Waals surface area contributed by atoms with Crippen LogP contribution in [0.4, 0.5) is 5.95 Å². The summed E-state index contributed by atoms with van der Waals surface area (Å²) in [4.78, 5) is 12.5. The summed E-state index contributed by atoms with van der Waals surface area (Å²) in [6.07, 6.45) is 0. The molecule has 1 saturated heterocycles. The van der Waals surface area contributed by atoms with Crippen LogP contribution in [0.1, 0.15) is 0 Å². The minimum Gasteiger partial charge on any atom is -0.340 e. The molecule has 0 atom stereocenters. The van der Waals surface area contributed by atoms with Crippen LogP contribution in [0.2, 0.25) is 0 Å². The molecular formula is C15H18N4S. The van der Waals surface area contributed by atoms with Gasteiger partial charge in [0.2, 0.25) is 5.95 Å².